The summed E-state index contributed by atoms with van der Waals surface area (Å²) < 4.78 is 5.12. The van der Waals surface area contributed by atoms with Gasteiger partial charge in [-0.2, -0.15) is 0 Å². The zero-order valence-electron chi connectivity index (χ0n) is 12.4. The number of hydrogen-bond donors (Lipinski definition) is 2. The summed E-state index contributed by atoms with van der Waals surface area (Å²) >= 11 is 0. The van der Waals surface area contributed by atoms with E-state index in [1.807, 2.05) is 12.1 Å². The molecule has 1 aromatic rings. The van der Waals surface area contributed by atoms with Crippen molar-refractivity contribution in [3.8, 4) is 11.5 Å². The minimum absolute atomic E-state index is 0.196. The van der Waals surface area contributed by atoms with Gasteiger partial charge in [-0.05, 0) is 30.5 Å². The summed E-state index contributed by atoms with van der Waals surface area (Å²) in [5.74, 6) is 0.736. The van der Waals surface area contributed by atoms with Crippen LogP contribution in [0.15, 0.2) is 18.2 Å². The molecule has 1 unspecified atom stereocenters. The zero-order chi connectivity index (χ0) is 14.1. The third-order valence-electron chi connectivity index (χ3n) is 3.49. The number of ether oxygens (including phenoxy) is 1. The van der Waals surface area contributed by atoms with Crippen LogP contribution in [0.25, 0.3) is 0 Å². The Hall–Kier alpha value is -1.22. The number of phenols is 1. The maximum Gasteiger partial charge on any atom is 0.160 e. The van der Waals surface area contributed by atoms with Crippen molar-refractivity contribution in [2.45, 2.75) is 58.5 Å². The van der Waals surface area contributed by atoms with Crippen LogP contribution in [0, 0.1) is 0 Å². The van der Waals surface area contributed by atoms with Gasteiger partial charge in [0, 0.05) is 12.6 Å². The molecule has 0 fully saturated rings. The first kappa shape index (κ1) is 15.8. The number of aromatic hydroxyl groups is 1. The molecule has 0 aliphatic rings. The highest BCUT2D eigenvalue weighted by Crippen LogP contribution is 2.26. The minimum Gasteiger partial charge on any atom is -0.504 e. The standard InChI is InChI=1S/C16H27NO2/c1-4-6-7-8-14(5-2)17-12-13-9-10-15(18)16(11-13)19-3/h9-11,14,17-18H,4-8,12H2,1-3H3. The normalized spacial score (nSPS) is 12.4. The van der Waals surface area contributed by atoms with Gasteiger partial charge in [-0.15, -0.1) is 0 Å². The van der Waals surface area contributed by atoms with E-state index in [4.69, 9.17) is 4.74 Å². The van der Waals surface area contributed by atoms with Crippen molar-refractivity contribution in [3.63, 3.8) is 0 Å². The molecule has 1 atom stereocenters. The molecule has 1 rings (SSSR count). The quantitative estimate of drug-likeness (QED) is 0.666. The van der Waals surface area contributed by atoms with Crippen LogP contribution < -0.4 is 10.1 Å². The first-order valence-corrected chi connectivity index (χ1v) is 7.30. The van der Waals surface area contributed by atoms with Crippen LogP contribution in [0.3, 0.4) is 0 Å². The highest BCUT2D eigenvalue weighted by atomic mass is 16.5. The fourth-order valence-electron chi connectivity index (χ4n) is 2.19. The highest BCUT2D eigenvalue weighted by Gasteiger charge is 2.07. The summed E-state index contributed by atoms with van der Waals surface area (Å²) in [6, 6.07) is 6.09. The van der Waals surface area contributed by atoms with Gasteiger partial charge in [-0.25, -0.2) is 0 Å². The van der Waals surface area contributed by atoms with Crippen LogP contribution >= 0.6 is 0 Å². The van der Waals surface area contributed by atoms with Gasteiger partial charge in [-0.1, -0.05) is 39.2 Å². The average molecular weight is 265 g/mol. The predicted molar refractivity (Wildman–Crippen MR) is 79.7 cm³/mol. The van der Waals surface area contributed by atoms with Crippen molar-refractivity contribution in [2.75, 3.05) is 7.11 Å². The van der Waals surface area contributed by atoms with Crippen molar-refractivity contribution in [1.29, 1.82) is 0 Å². The van der Waals surface area contributed by atoms with Gasteiger partial charge in [0.05, 0.1) is 7.11 Å². The van der Waals surface area contributed by atoms with Gasteiger partial charge in [0.25, 0.3) is 0 Å². The molecule has 0 heterocycles. The molecule has 0 bridgehead atoms. The molecule has 1 aromatic carbocycles. The summed E-state index contributed by atoms with van der Waals surface area (Å²) in [5.41, 5.74) is 1.14. The Morgan fingerprint density at radius 1 is 1.26 bits per heavy atom. The van der Waals surface area contributed by atoms with E-state index in [0.717, 1.165) is 18.5 Å². The lowest BCUT2D eigenvalue weighted by Crippen LogP contribution is -2.27. The lowest BCUT2D eigenvalue weighted by atomic mass is 10.1. The number of rotatable bonds is 9. The van der Waals surface area contributed by atoms with Gasteiger partial charge < -0.3 is 15.2 Å². The lowest BCUT2D eigenvalue weighted by Gasteiger charge is -2.17. The summed E-state index contributed by atoms with van der Waals surface area (Å²) in [6.07, 6.45) is 6.26. The molecule has 0 radical (unpaired) electrons. The summed E-state index contributed by atoms with van der Waals surface area (Å²) in [6.45, 7) is 5.28. The number of phenolic OH excluding ortho intramolecular Hbond substituents is 1. The van der Waals surface area contributed by atoms with E-state index in [2.05, 4.69) is 19.2 Å². The SMILES string of the molecule is CCCCCC(CC)NCc1ccc(O)c(OC)c1. The number of nitrogens with one attached hydrogen (secondary N) is 1. The number of methoxy groups -OCH3 is 1. The van der Waals surface area contributed by atoms with Crippen molar-refractivity contribution in [1.82, 2.24) is 5.32 Å². The van der Waals surface area contributed by atoms with E-state index < -0.39 is 0 Å². The fourth-order valence-corrected chi connectivity index (χ4v) is 2.19. The molecule has 0 aliphatic heterocycles. The van der Waals surface area contributed by atoms with Crippen molar-refractivity contribution in [2.24, 2.45) is 0 Å². The largest absolute Gasteiger partial charge is 0.504 e. The summed E-state index contributed by atoms with van der Waals surface area (Å²) in [4.78, 5) is 0. The van der Waals surface area contributed by atoms with Gasteiger partial charge in [0.15, 0.2) is 11.5 Å². The van der Waals surface area contributed by atoms with Gasteiger partial charge in [0.2, 0.25) is 0 Å². The molecule has 19 heavy (non-hydrogen) atoms. The molecule has 0 saturated heterocycles. The van der Waals surface area contributed by atoms with Crippen molar-refractivity contribution in [3.05, 3.63) is 23.8 Å². The molecule has 3 nitrogen and oxygen atoms in total. The number of unbranched alkanes of at least 4 members (excludes halogenated alkanes) is 2. The van der Waals surface area contributed by atoms with E-state index in [1.165, 1.54) is 25.7 Å². The smallest absolute Gasteiger partial charge is 0.160 e. The molecule has 0 saturated carbocycles. The topological polar surface area (TPSA) is 41.5 Å². The van der Waals surface area contributed by atoms with E-state index in [0.29, 0.717) is 11.8 Å². The predicted octanol–water partition coefficient (Wildman–Crippen LogP) is 3.85. The lowest BCUT2D eigenvalue weighted by molar-refractivity contribution is 0.372. The third kappa shape index (κ3) is 5.52. The van der Waals surface area contributed by atoms with Crippen LogP contribution in [-0.2, 0) is 6.54 Å². The van der Waals surface area contributed by atoms with E-state index >= 15 is 0 Å². The molecular formula is C16H27NO2. The van der Waals surface area contributed by atoms with Crippen LogP contribution in [0.1, 0.15) is 51.5 Å². The molecule has 0 spiro atoms. The monoisotopic (exact) mass is 265 g/mol. The zero-order valence-corrected chi connectivity index (χ0v) is 12.4. The van der Waals surface area contributed by atoms with Gasteiger partial charge >= 0.3 is 0 Å². The Morgan fingerprint density at radius 2 is 2.05 bits per heavy atom. The van der Waals surface area contributed by atoms with Gasteiger partial charge in [0.1, 0.15) is 0 Å². The minimum atomic E-state index is 0.196. The Bertz CT molecular complexity index is 366. The molecule has 0 aliphatic carbocycles. The Kier molecular flexibility index (Phi) is 7.34. The second-order valence-electron chi connectivity index (χ2n) is 4.99. The molecule has 108 valence electrons. The van der Waals surface area contributed by atoms with Crippen molar-refractivity contribution < 1.29 is 9.84 Å². The highest BCUT2D eigenvalue weighted by molar-refractivity contribution is 5.41. The Balaban J connectivity index is 2.45. The average Bonchev–Trinajstić information content (AvgIpc) is 2.44. The first-order valence-electron chi connectivity index (χ1n) is 7.30. The van der Waals surface area contributed by atoms with E-state index in [-0.39, 0.29) is 5.75 Å². The maximum atomic E-state index is 9.56. The molecular weight excluding hydrogens is 238 g/mol. The summed E-state index contributed by atoms with van der Waals surface area (Å²) in [7, 11) is 1.58. The maximum absolute atomic E-state index is 9.56. The third-order valence-corrected chi connectivity index (χ3v) is 3.49. The second kappa shape index (κ2) is 8.81. The second-order valence-corrected chi connectivity index (χ2v) is 4.99. The van der Waals surface area contributed by atoms with Crippen LogP contribution in [0.5, 0.6) is 11.5 Å². The number of benzene rings is 1. The molecule has 3 heteroatoms. The Morgan fingerprint density at radius 3 is 2.68 bits per heavy atom. The molecule has 0 aromatic heterocycles. The molecule has 2 N–H and O–H groups in total. The Labute approximate surface area is 117 Å². The van der Waals surface area contributed by atoms with E-state index in [9.17, 15) is 5.11 Å². The number of hydrogen-bond acceptors (Lipinski definition) is 3. The van der Waals surface area contributed by atoms with Crippen molar-refractivity contribution >= 4 is 0 Å². The molecule has 0 amide bonds. The van der Waals surface area contributed by atoms with Crippen LogP contribution in [0.4, 0.5) is 0 Å². The van der Waals surface area contributed by atoms with Crippen LogP contribution in [-0.4, -0.2) is 18.3 Å². The summed E-state index contributed by atoms with van der Waals surface area (Å²) in [5, 5.41) is 13.1. The van der Waals surface area contributed by atoms with Crippen LogP contribution in [0.2, 0.25) is 0 Å². The van der Waals surface area contributed by atoms with Gasteiger partial charge in [-0.3, -0.25) is 0 Å². The van der Waals surface area contributed by atoms with E-state index in [1.54, 1.807) is 13.2 Å². The first-order chi connectivity index (χ1) is 9.21. The fraction of sp³-hybridized carbons (Fsp3) is 0.625.